The molecule has 0 radical (unpaired) electrons. The van der Waals surface area contributed by atoms with Gasteiger partial charge in [0.25, 0.3) is 10.0 Å². The monoisotopic (exact) mass is 233 g/mol. The van der Waals surface area contributed by atoms with Crippen LogP contribution in [0, 0.1) is 6.92 Å². The summed E-state index contributed by atoms with van der Waals surface area (Å²) < 4.78 is 45.2. The van der Waals surface area contributed by atoms with E-state index in [4.69, 9.17) is 0 Å². The van der Waals surface area contributed by atoms with Gasteiger partial charge in [0.2, 0.25) is 0 Å². The summed E-state index contributed by atoms with van der Waals surface area (Å²) in [6, 6.07) is 5.74. The largest absolute Gasteiger partial charge is 0.327 e. The van der Waals surface area contributed by atoms with Crippen LogP contribution in [0.4, 0.5) is 0 Å². The summed E-state index contributed by atoms with van der Waals surface area (Å²) in [6.45, 7) is 1.79. The van der Waals surface area contributed by atoms with Crippen molar-refractivity contribution in [2.24, 2.45) is 3.77 Å². The number of rotatable bonds is 2. The molecule has 5 nitrogen and oxygen atoms in total. The van der Waals surface area contributed by atoms with Gasteiger partial charge in [0.15, 0.2) is 0 Å². The van der Waals surface area contributed by atoms with E-state index in [-0.39, 0.29) is 4.90 Å². The van der Waals surface area contributed by atoms with Crippen LogP contribution in [0.1, 0.15) is 5.56 Å². The normalized spacial score (nSPS) is 10.9. The van der Waals surface area contributed by atoms with E-state index < -0.39 is 20.5 Å². The second-order valence-electron chi connectivity index (χ2n) is 2.58. The zero-order valence-corrected chi connectivity index (χ0v) is 8.84. The lowest BCUT2D eigenvalue weighted by molar-refractivity contribution is 0.596. The molecule has 0 amide bonds. The average Bonchev–Trinajstić information content (AvgIpc) is 2.02. The van der Waals surface area contributed by atoms with Crippen molar-refractivity contribution >= 4 is 20.5 Å². The third-order valence-electron chi connectivity index (χ3n) is 1.48. The Morgan fingerprint density at radius 3 is 2.07 bits per heavy atom. The topological polar surface area (TPSA) is 80.6 Å². The molecule has 0 heterocycles. The SMILES string of the molecule is Cc1ccc(S(=O)(=O)N=S(=O)=O)cc1. The molecule has 1 aromatic carbocycles. The van der Waals surface area contributed by atoms with Crippen molar-refractivity contribution < 1.29 is 16.8 Å². The molecule has 14 heavy (non-hydrogen) atoms. The van der Waals surface area contributed by atoms with E-state index in [9.17, 15) is 16.8 Å². The summed E-state index contributed by atoms with van der Waals surface area (Å²) in [5.41, 5.74) is 0.882. The Bertz CT molecular complexity index is 546. The van der Waals surface area contributed by atoms with Crippen LogP contribution in [0.3, 0.4) is 0 Å². The molecule has 0 N–H and O–H groups in total. The number of hydrogen-bond acceptors (Lipinski definition) is 4. The minimum Gasteiger partial charge on any atom is -0.198 e. The first-order valence-corrected chi connectivity index (χ1v) is 6.03. The van der Waals surface area contributed by atoms with E-state index in [0.29, 0.717) is 0 Å². The predicted octanol–water partition coefficient (Wildman–Crippen LogP) is 0.746. The molecule has 0 saturated heterocycles. The van der Waals surface area contributed by atoms with Gasteiger partial charge in [0, 0.05) is 0 Å². The van der Waals surface area contributed by atoms with Crippen molar-refractivity contribution in [2.75, 3.05) is 0 Å². The minimum absolute atomic E-state index is 0.132. The Labute approximate surface area is 83.2 Å². The third-order valence-corrected chi connectivity index (χ3v) is 3.62. The lowest BCUT2D eigenvalue weighted by Crippen LogP contribution is -1.95. The molecule has 0 spiro atoms. The predicted molar refractivity (Wildman–Crippen MR) is 49.7 cm³/mol. The molecule has 1 aromatic rings. The highest BCUT2D eigenvalue weighted by molar-refractivity contribution is 7.94. The van der Waals surface area contributed by atoms with Gasteiger partial charge >= 0.3 is 10.5 Å². The first kappa shape index (κ1) is 10.9. The summed E-state index contributed by atoms with van der Waals surface area (Å²) >= 11 is 0. The summed E-state index contributed by atoms with van der Waals surface area (Å²) in [7, 11) is -7.02. The molecule has 0 aliphatic carbocycles. The lowest BCUT2D eigenvalue weighted by Gasteiger charge is -1.95. The van der Waals surface area contributed by atoms with Gasteiger partial charge in [0.05, 0.1) is 4.90 Å². The van der Waals surface area contributed by atoms with Crippen LogP contribution in [-0.4, -0.2) is 16.8 Å². The zero-order valence-electron chi connectivity index (χ0n) is 7.21. The fourth-order valence-corrected chi connectivity index (χ4v) is 2.30. The van der Waals surface area contributed by atoms with Gasteiger partial charge in [0.1, 0.15) is 0 Å². The number of aryl methyl sites for hydroxylation is 1. The highest BCUT2D eigenvalue weighted by atomic mass is 32.2. The molecule has 0 atom stereocenters. The smallest absolute Gasteiger partial charge is 0.198 e. The fraction of sp³-hybridized carbons (Fsp3) is 0.143. The first-order valence-electron chi connectivity index (χ1n) is 3.56. The average molecular weight is 233 g/mol. The molecule has 0 bridgehead atoms. The van der Waals surface area contributed by atoms with Crippen LogP contribution < -0.4 is 0 Å². The van der Waals surface area contributed by atoms with Crippen molar-refractivity contribution in [1.29, 1.82) is 0 Å². The van der Waals surface area contributed by atoms with Gasteiger partial charge < -0.3 is 0 Å². The molecule has 0 aliphatic rings. The molecule has 0 fully saturated rings. The number of benzene rings is 1. The highest BCUT2D eigenvalue weighted by Gasteiger charge is 2.12. The van der Waals surface area contributed by atoms with Crippen molar-refractivity contribution in [2.45, 2.75) is 11.8 Å². The third kappa shape index (κ3) is 2.64. The van der Waals surface area contributed by atoms with Crippen molar-refractivity contribution in [1.82, 2.24) is 0 Å². The van der Waals surface area contributed by atoms with Crippen LogP contribution in [0.2, 0.25) is 0 Å². The molecule has 7 heteroatoms. The lowest BCUT2D eigenvalue weighted by atomic mass is 10.2. The second-order valence-corrected chi connectivity index (χ2v) is 5.03. The van der Waals surface area contributed by atoms with Gasteiger partial charge in [-0.3, -0.25) is 0 Å². The van der Waals surface area contributed by atoms with E-state index >= 15 is 0 Å². The van der Waals surface area contributed by atoms with Crippen LogP contribution in [0.25, 0.3) is 0 Å². The second kappa shape index (κ2) is 3.89. The quantitative estimate of drug-likeness (QED) is 0.754. The maximum atomic E-state index is 11.2. The van der Waals surface area contributed by atoms with Gasteiger partial charge in [-0.15, -0.1) is 0 Å². The van der Waals surface area contributed by atoms with Gasteiger partial charge in [-0.2, -0.15) is 16.8 Å². The van der Waals surface area contributed by atoms with E-state index in [0.717, 1.165) is 5.56 Å². The summed E-state index contributed by atoms with van der Waals surface area (Å²) in [6.07, 6.45) is 0. The van der Waals surface area contributed by atoms with Gasteiger partial charge in [-0.25, -0.2) is 0 Å². The summed E-state index contributed by atoms with van der Waals surface area (Å²) in [5.74, 6) is 0. The molecular weight excluding hydrogens is 226 g/mol. The highest BCUT2D eigenvalue weighted by Crippen LogP contribution is 2.12. The van der Waals surface area contributed by atoms with E-state index in [2.05, 4.69) is 3.77 Å². The van der Waals surface area contributed by atoms with Crippen LogP contribution in [-0.2, 0) is 20.5 Å². The molecule has 0 saturated carbocycles. The van der Waals surface area contributed by atoms with Gasteiger partial charge in [-0.1, -0.05) is 17.7 Å². The molecule has 0 aromatic heterocycles. The Morgan fingerprint density at radius 2 is 1.64 bits per heavy atom. The molecular formula is C7H7NO4S2. The summed E-state index contributed by atoms with van der Waals surface area (Å²) in [4.78, 5) is -0.132. The minimum atomic E-state index is -4.06. The number of hydrogen-bond donors (Lipinski definition) is 0. The van der Waals surface area contributed by atoms with Crippen LogP contribution >= 0.6 is 0 Å². The number of nitrogens with zero attached hydrogens (tertiary/aromatic N) is 1. The molecule has 0 unspecified atom stereocenters. The maximum absolute atomic E-state index is 11.2. The van der Waals surface area contributed by atoms with E-state index in [1.807, 2.05) is 0 Å². The summed E-state index contributed by atoms with van der Waals surface area (Å²) in [5, 5.41) is 0. The molecule has 76 valence electrons. The number of sulfonamides is 1. The Balaban J connectivity index is 3.32. The Kier molecular flexibility index (Phi) is 3.02. The van der Waals surface area contributed by atoms with E-state index in [1.165, 1.54) is 12.1 Å². The van der Waals surface area contributed by atoms with Crippen molar-refractivity contribution in [3.05, 3.63) is 29.8 Å². The van der Waals surface area contributed by atoms with Crippen LogP contribution in [0.5, 0.6) is 0 Å². The molecule has 1 rings (SSSR count). The van der Waals surface area contributed by atoms with Crippen LogP contribution in [0.15, 0.2) is 32.9 Å². The Morgan fingerprint density at radius 1 is 1.14 bits per heavy atom. The van der Waals surface area contributed by atoms with Crippen molar-refractivity contribution in [3.8, 4) is 0 Å². The van der Waals surface area contributed by atoms with Gasteiger partial charge in [-0.05, 0) is 22.8 Å². The zero-order chi connectivity index (χ0) is 10.8. The Hall–Kier alpha value is -1.21. The van der Waals surface area contributed by atoms with Crippen molar-refractivity contribution in [3.63, 3.8) is 0 Å². The maximum Gasteiger partial charge on any atom is 0.327 e. The van der Waals surface area contributed by atoms with E-state index in [1.54, 1.807) is 19.1 Å². The fourth-order valence-electron chi connectivity index (χ4n) is 0.833. The first-order chi connectivity index (χ1) is 6.42. The molecule has 0 aliphatic heterocycles. The standard InChI is InChI=1S/C7H7NO4S2/c1-6-2-4-7(5-3-6)14(11,12)8-13(9)10/h2-5H,1H3.